The number of anilines is 1. The lowest BCUT2D eigenvalue weighted by Gasteiger charge is -2.07. The first-order valence-electron chi connectivity index (χ1n) is 8.99. The molecule has 3 heterocycles. The van der Waals surface area contributed by atoms with Crippen LogP contribution >= 0.6 is 11.3 Å². The van der Waals surface area contributed by atoms with Crippen LogP contribution in [0.3, 0.4) is 0 Å². The molecule has 0 radical (unpaired) electrons. The number of nitrogens with zero attached hydrogens (tertiary/aromatic N) is 1. The molecule has 0 fully saturated rings. The molecule has 142 valence electrons. The van der Waals surface area contributed by atoms with Gasteiger partial charge in [0, 0.05) is 16.5 Å². The van der Waals surface area contributed by atoms with Crippen LogP contribution in [0, 0.1) is 6.92 Å². The summed E-state index contributed by atoms with van der Waals surface area (Å²) < 4.78 is 11.0. The number of aromatic nitrogens is 1. The van der Waals surface area contributed by atoms with E-state index in [1.807, 2.05) is 63.2 Å². The second kappa shape index (κ2) is 7.13. The average molecular weight is 392 g/mol. The van der Waals surface area contributed by atoms with Crippen molar-refractivity contribution < 1.29 is 13.9 Å². The maximum Gasteiger partial charge on any atom is 0.350 e. The summed E-state index contributed by atoms with van der Waals surface area (Å²) in [6.07, 6.45) is 1.39. The quantitative estimate of drug-likeness (QED) is 0.452. The Balaban J connectivity index is 1.95. The highest BCUT2D eigenvalue weighted by molar-refractivity contribution is 7.21. The van der Waals surface area contributed by atoms with Gasteiger partial charge in [-0.15, -0.1) is 11.3 Å². The van der Waals surface area contributed by atoms with Gasteiger partial charge in [0.1, 0.15) is 15.5 Å². The number of rotatable bonds is 4. The monoisotopic (exact) mass is 392 g/mol. The van der Waals surface area contributed by atoms with Crippen LogP contribution in [0.5, 0.6) is 0 Å². The lowest BCUT2D eigenvalue weighted by Crippen LogP contribution is -2.11. The highest BCUT2D eigenvalue weighted by atomic mass is 32.1. The molecule has 5 nitrogen and oxygen atoms in total. The second-order valence-electron chi connectivity index (χ2n) is 6.88. The molecule has 28 heavy (non-hydrogen) atoms. The average Bonchev–Trinajstić information content (AvgIpc) is 3.29. The van der Waals surface area contributed by atoms with Gasteiger partial charge in [-0.05, 0) is 39.0 Å². The summed E-state index contributed by atoms with van der Waals surface area (Å²) in [5.74, 6) is 0.242. The topological polar surface area (TPSA) is 78.3 Å². The number of hydrogen-bond donors (Lipinski definition) is 1. The second-order valence-corrected chi connectivity index (χ2v) is 7.88. The number of fused-ring (bicyclic) bond motifs is 1. The molecule has 3 aromatic heterocycles. The largest absolute Gasteiger partial charge is 0.464 e. The Bertz CT molecular complexity index is 1140. The molecule has 0 amide bonds. The SMILES string of the molecule is Cc1ccc(-c2cc(-c3ccco3)c3c(N)c(C(=O)OC(C)C)sc3n2)cc1. The number of aryl methyl sites for hydroxylation is 1. The summed E-state index contributed by atoms with van der Waals surface area (Å²) in [5.41, 5.74) is 10.5. The van der Waals surface area contributed by atoms with E-state index < -0.39 is 5.97 Å². The van der Waals surface area contributed by atoms with Gasteiger partial charge >= 0.3 is 5.97 Å². The zero-order valence-corrected chi connectivity index (χ0v) is 16.7. The van der Waals surface area contributed by atoms with Crippen molar-refractivity contribution in [2.24, 2.45) is 0 Å². The van der Waals surface area contributed by atoms with Crippen LogP contribution in [0.2, 0.25) is 0 Å². The molecule has 0 saturated carbocycles. The molecule has 6 heteroatoms. The molecule has 0 aliphatic carbocycles. The summed E-state index contributed by atoms with van der Waals surface area (Å²) in [6.45, 7) is 5.66. The number of benzene rings is 1. The van der Waals surface area contributed by atoms with Gasteiger partial charge in [-0.1, -0.05) is 29.8 Å². The van der Waals surface area contributed by atoms with E-state index in [4.69, 9.17) is 19.9 Å². The van der Waals surface area contributed by atoms with Crippen molar-refractivity contribution in [2.45, 2.75) is 26.9 Å². The zero-order chi connectivity index (χ0) is 19.8. The van der Waals surface area contributed by atoms with Crippen molar-refractivity contribution in [3.8, 4) is 22.6 Å². The number of furan rings is 1. The molecule has 0 aliphatic rings. The number of carbonyl (C=O) groups excluding carboxylic acids is 1. The molecule has 1 aromatic carbocycles. The van der Waals surface area contributed by atoms with Gasteiger partial charge in [0.25, 0.3) is 0 Å². The van der Waals surface area contributed by atoms with E-state index in [-0.39, 0.29) is 6.10 Å². The highest BCUT2D eigenvalue weighted by Crippen LogP contribution is 2.41. The van der Waals surface area contributed by atoms with Crippen LogP contribution in [-0.4, -0.2) is 17.1 Å². The minimum atomic E-state index is -0.433. The summed E-state index contributed by atoms with van der Waals surface area (Å²) in [4.78, 5) is 18.3. The molecular formula is C22H20N2O3S. The number of nitrogen functional groups attached to an aromatic ring is 1. The van der Waals surface area contributed by atoms with Gasteiger partial charge in [-0.3, -0.25) is 0 Å². The minimum Gasteiger partial charge on any atom is -0.464 e. The summed E-state index contributed by atoms with van der Waals surface area (Å²) in [5, 5.41) is 0.714. The number of pyridine rings is 1. The van der Waals surface area contributed by atoms with Crippen LogP contribution in [0.1, 0.15) is 29.1 Å². The van der Waals surface area contributed by atoms with Gasteiger partial charge in [0.05, 0.1) is 23.7 Å². The van der Waals surface area contributed by atoms with Crippen molar-refractivity contribution in [2.75, 3.05) is 5.73 Å². The minimum absolute atomic E-state index is 0.224. The van der Waals surface area contributed by atoms with E-state index in [1.165, 1.54) is 16.9 Å². The van der Waals surface area contributed by atoms with Crippen molar-refractivity contribution in [1.29, 1.82) is 0 Å². The van der Waals surface area contributed by atoms with Crippen LogP contribution in [-0.2, 0) is 4.74 Å². The zero-order valence-electron chi connectivity index (χ0n) is 15.9. The molecule has 4 aromatic rings. The number of carbonyl (C=O) groups is 1. The Hall–Kier alpha value is -3.12. The predicted octanol–water partition coefficient (Wildman–Crippen LogP) is 5.68. The van der Waals surface area contributed by atoms with E-state index >= 15 is 0 Å². The van der Waals surface area contributed by atoms with Gasteiger partial charge in [-0.2, -0.15) is 0 Å². The first-order chi connectivity index (χ1) is 13.4. The number of nitrogens with two attached hydrogens (primary N) is 1. The molecule has 0 saturated heterocycles. The van der Waals surface area contributed by atoms with Crippen molar-refractivity contribution >= 4 is 33.2 Å². The number of ether oxygens (including phenoxy) is 1. The lowest BCUT2D eigenvalue weighted by molar-refractivity contribution is 0.0385. The van der Waals surface area contributed by atoms with E-state index in [0.717, 1.165) is 16.8 Å². The number of thiophene rings is 1. The Labute approximate surface area is 166 Å². The van der Waals surface area contributed by atoms with Crippen molar-refractivity contribution in [3.63, 3.8) is 0 Å². The Morgan fingerprint density at radius 3 is 2.61 bits per heavy atom. The van der Waals surface area contributed by atoms with Crippen molar-refractivity contribution in [3.05, 3.63) is 59.2 Å². The predicted molar refractivity (Wildman–Crippen MR) is 112 cm³/mol. The van der Waals surface area contributed by atoms with Gasteiger partial charge in [-0.25, -0.2) is 9.78 Å². The molecule has 0 unspecified atom stereocenters. The summed E-state index contributed by atoms with van der Waals surface area (Å²) in [6, 6.07) is 13.8. The van der Waals surface area contributed by atoms with Crippen LogP contribution in [0.25, 0.3) is 32.8 Å². The van der Waals surface area contributed by atoms with Gasteiger partial charge in [0.15, 0.2) is 0 Å². The standard InChI is InChI=1S/C22H20N2O3S/c1-12(2)27-22(25)20-19(23)18-15(17-5-4-10-26-17)11-16(24-21(18)28-20)14-8-6-13(3)7-9-14/h4-12H,23H2,1-3H3. The third-order valence-electron chi connectivity index (χ3n) is 4.36. The molecular weight excluding hydrogens is 372 g/mol. The van der Waals surface area contributed by atoms with E-state index in [1.54, 1.807) is 6.26 Å². The first kappa shape index (κ1) is 18.3. The Kier molecular flexibility index (Phi) is 4.65. The number of hydrogen-bond acceptors (Lipinski definition) is 6. The first-order valence-corrected chi connectivity index (χ1v) is 9.80. The molecule has 2 N–H and O–H groups in total. The van der Waals surface area contributed by atoms with Crippen LogP contribution < -0.4 is 5.73 Å². The third-order valence-corrected chi connectivity index (χ3v) is 5.44. The Morgan fingerprint density at radius 2 is 1.96 bits per heavy atom. The molecule has 4 rings (SSSR count). The summed E-state index contributed by atoms with van der Waals surface area (Å²) >= 11 is 1.25. The molecule has 0 atom stereocenters. The maximum absolute atomic E-state index is 12.5. The van der Waals surface area contributed by atoms with Gasteiger partial charge in [0.2, 0.25) is 0 Å². The molecule has 0 bridgehead atoms. The van der Waals surface area contributed by atoms with Crippen molar-refractivity contribution in [1.82, 2.24) is 4.98 Å². The maximum atomic E-state index is 12.5. The molecule has 0 aliphatic heterocycles. The fourth-order valence-corrected chi connectivity index (χ4v) is 4.04. The normalized spacial score (nSPS) is 11.3. The smallest absolute Gasteiger partial charge is 0.350 e. The number of esters is 1. The fourth-order valence-electron chi connectivity index (χ4n) is 3.04. The van der Waals surface area contributed by atoms with Gasteiger partial charge < -0.3 is 14.9 Å². The van der Waals surface area contributed by atoms with Crippen LogP contribution in [0.4, 0.5) is 5.69 Å². The highest BCUT2D eigenvalue weighted by Gasteiger charge is 2.23. The van der Waals surface area contributed by atoms with Crippen LogP contribution in [0.15, 0.2) is 53.1 Å². The fraction of sp³-hybridized carbons (Fsp3) is 0.182. The summed E-state index contributed by atoms with van der Waals surface area (Å²) in [7, 11) is 0. The third kappa shape index (κ3) is 3.27. The Morgan fingerprint density at radius 1 is 1.21 bits per heavy atom. The van der Waals surface area contributed by atoms with E-state index in [2.05, 4.69) is 0 Å². The molecule has 0 spiro atoms. The van der Waals surface area contributed by atoms with E-state index in [0.29, 0.717) is 26.5 Å². The van der Waals surface area contributed by atoms with E-state index in [9.17, 15) is 4.79 Å². The lowest BCUT2D eigenvalue weighted by atomic mass is 10.0.